The van der Waals surface area contributed by atoms with Gasteiger partial charge in [0.1, 0.15) is 0 Å². The number of nitrogens with two attached hydrogens (primary N) is 1. The van der Waals surface area contributed by atoms with Crippen molar-refractivity contribution < 1.29 is 4.79 Å². The molecule has 0 saturated carbocycles. The lowest BCUT2D eigenvalue weighted by Crippen LogP contribution is -2.48. The third kappa shape index (κ3) is 5.80. The Balaban J connectivity index is 2.31. The lowest BCUT2D eigenvalue weighted by Gasteiger charge is -2.38. The first-order valence-electron chi connectivity index (χ1n) is 10.8. The Morgan fingerprint density at radius 1 is 1.11 bits per heavy atom. The summed E-state index contributed by atoms with van der Waals surface area (Å²) in [6.45, 7) is 12.9. The fourth-order valence-electron chi connectivity index (χ4n) is 4.59. The van der Waals surface area contributed by atoms with Gasteiger partial charge in [0.05, 0.1) is 5.41 Å². The van der Waals surface area contributed by atoms with Crippen LogP contribution in [0.4, 0.5) is 0 Å². The predicted octanol–water partition coefficient (Wildman–Crippen LogP) is 4.56. The molecule has 1 heterocycles. The van der Waals surface area contributed by atoms with E-state index in [-0.39, 0.29) is 5.91 Å². The van der Waals surface area contributed by atoms with Crippen molar-refractivity contribution in [1.82, 2.24) is 9.80 Å². The van der Waals surface area contributed by atoms with Crippen molar-refractivity contribution in [3.05, 3.63) is 34.3 Å². The van der Waals surface area contributed by atoms with Crippen LogP contribution in [0.3, 0.4) is 0 Å². The van der Waals surface area contributed by atoms with Crippen molar-refractivity contribution >= 4 is 21.8 Å². The molecule has 0 bridgehead atoms. The summed E-state index contributed by atoms with van der Waals surface area (Å²) in [5.74, 6) is -0.205. The van der Waals surface area contributed by atoms with Gasteiger partial charge in [-0.25, -0.2) is 0 Å². The van der Waals surface area contributed by atoms with Gasteiger partial charge in [0.25, 0.3) is 0 Å². The molecule has 158 valence electrons. The number of halogens is 1. The van der Waals surface area contributed by atoms with Gasteiger partial charge in [0.2, 0.25) is 5.91 Å². The summed E-state index contributed by atoms with van der Waals surface area (Å²) in [7, 11) is 0. The zero-order valence-corrected chi connectivity index (χ0v) is 19.7. The molecule has 1 fully saturated rings. The second kappa shape index (κ2) is 10.7. The van der Waals surface area contributed by atoms with Crippen LogP contribution in [0.2, 0.25) is 0 Å². The smallest absolute Gasteiger partial charge is 0.228 e. The highest BCUT2D eigenvalue weighted by Crippen LogP contribution is 2.37. The van der Waals surface area contributed by atoms with E-state index in [1.807, 2.05) is 18.2 Å². The number of rotatable bonds is 10. The maximum atomic E-state index is 13.0. The van der Waals surface area contributed by atoms with Gasteiger partial charge in [-0.05, 0) is 84.6 Å². The molecule has 0 unspecified atom stereocenters. The van der Waals surface area contributed by atoms with Gasteiger partial charge < -0.3 is 10.6 Å². The molecule has 1 saturated heterocycles. The lowest BCUT2D eigenvalue weighted by atomic mass is 9.73. The number of benzene rings is 1. The van der Waals surface area contributed by atoms with Crippen molar-refractivity contribution in [2.24, 2.45) is 5.73 Å². The third-order valence-corrected chi connectivity index (χ3v) is 6.98. The average molecular weight is 452 g/mol. The molecule has 0 aliphatic carbocycles. The summed E-state index contributed by atoms with van der Waals surface area (Å²) in [5.41, 5.74) is 6.51. The Kier molecular flexibility index (Phi) is 8.97. The lowest BCUT2D eigenvalue weighted by molar-refractivity contribution is -0.124. The van der Waals surface area contributed by atoms with Crippen molar-refractivity contribution in [2.45, 2.75) is 77.3 Å². The Hall–Kier alpha value is -0.910. The van der Waals surface area contributed by atoms with E-state index in [2.05, 4.69) is 59.5 Å². The minimum atomic E-state index is -0.653. The van der Waals surface area contributed by atoms with E-state index in [0.29, 0.717) is 12.1 Å². The van der Waals surface area contributed by atoms with Gasteiger partial charge in [0, 0.05) is 23.1 Å². The largest absolute Gasteiger partial charge is 0.369 e. The average Bonchev–Trinajstić information content (AvgIpc) is 2.65. The third-order valence-electron chi connectivity index (χ3n) is 6.29. The molecular weight excluding hydrogens is 414 g/mol. The first kappa shape index (κ1) is 23.4. The second-order valence-corrected chi connectivity index (χ2v) is 9.61. The normalized spacial score (nSPS) is 18.0. The summed E-state index contributed by atoms with van der Waals surface area (Å²) < 4.78 is 0.980. The zero-order chi connectivity index (χ0) is 20.7. The van der Waals surface area contributed by atoms with Crippen LogP contribution in [0.15, 0.2) is 28.7 Å². The van der Waals surface area contributed by atoms with Crippen molar-refractivity contribution in [3.8, 4) is 0 Å². The van der Waals surface area contributed by atoms with Crippen LogP contribution in [0, 0.1) is 0 Å². The van der Waals surface area contributed by atoms with Crippen molar-refractivity contribution in [2.75, 3.05) is 26.2 Å². The molecule has 4 nitrogen and oxygen atoms in total. The first-order chi connectivity index (χ1) is 13.3. The van der Waals surface area contributed by atoms with Crippen LogP contribution in [-0.4, -0.2) is 54.0 Å². The van der Waals surface area contributed by atoms with E-state index in [4.69, 9.17) is 5.73 Å². The highest BCUT2D eigenvalue weighted by molar-refractivity contribution is 9.10. The van der Waals surface area contributed by atoms with Gasteiger partial charge in [-0.1, -0.05) is 40.5 Å². The van der Waals surface area contributed by atoms with E-state index in [1.165, 1.54) is 19.3 Å². The number of nitrogens with zero attached hydrogens (tertiary/aromatic N) is 2. The van der Waals surface area contributed by atoms with Crippen LogP contribution in [0.5, 0.6) is 0 Å². The molecule has 1 aromatic rings. The number of carbonyl (C=O) groups is 1. The summed E-state index contributed by atoms with van der Waals surface area (Å²) in [6.07, 6.45) is 5.35. The van der Waals surface area contributed by atoms with Gasteiger partial charge in [-0.15, -0.1) is 0 Å². The van der Waals surface area contributed by atoms with Crippen LogP contribution in [0.1, 0.15) is 65.4 Å². The van der Waals surface area contributed by atoms with Gasteiger partial charge >= 0.3 is 0 Å². The molecule has 1 aliphatic heterocycles. The number of primary amides is 1. The Labute approximate surface area is 180 Å². The first-order valence-corrected chi connectivity index (χ1v) is 11.6. The molecule has 28 heavy (non-hydrogen) atoms. The molecule has 0 radical (unpaired) electrons. The molecule has 1 aromatic carbocycles. The van der Waals surface area contributed by atoms with E-state index in [1.54, 1.807) is 0 Å². The molecular formula is C23H38BrN3O. The van der Waals surface area contributed by atoms with E-state index in [0.717, 1.165) is 49.1 Å². The summed E-state index contributed by atoms with van der Waals surface area (Å²) in [5, 5.41) is 0. The highest BCUT2D eigenvalue weighted by atomic mass is 79.9. The monoisotopic (exact) mass is 451 g/mol. The van der Waals surface area contributed by atoms with Crippen molar-refractivity contribution in [1.29, 1.82) is 0 Å². The minimum absolute atomic E-state index is 0.205. The summed E-state index contributed by atoms with van der Waals surface area (Å²) in [6, 6.07) is 8.98. The molecule has 5 heteroatoms. The minimum Gasteiger partial charge on any atom is -0.369 e. The Morgan fingerprint density at radius 2 is 1.71 bits per heavy atom. The summed E-state index contributed by atoms with van der Waals surface area (Å²) in [4.78, 5) is 17.9. The fraction of sp³-hybridized carbons (Fsp3) is 0.696. The molecule has 2 N–H and O–H groups in total. The maximum absolute atomic E-state index is 13.0. The quantitative estimate of drug-likeness (QED) is 0.566. The second-order valence-electron chi connectivity index (χ2n) is 8.75. The fourth-order valence-corrected chi connectivity index (χ4v) is 5.25. The van der Waals surface area contributed by atoms with Crippen molar-refractivity contribution in [3.63, 3.8) is 0 Å². The molecule has 0 aromatic heterocycles. The Morgan fingerprint density at radius 3 is 2.25 bits per heavy atom. The number of likely N-dealkylation sites (tertiary alicyclic amines) is 1. The zero-order valence-electron chi connectivity index (χ0n) is 18.1. The van der Waals surface area contributed by atoms with E-state index >= 15 is 0 Å². The number of amides is 1. The van der Waals surface area contributed by atoms with E-state index in [9.17, 15) is 4.79 Å². The molecule has 1 aliphatic rings. The van der Waals surface area contributed by atoms with Gasteiger partial charge in [-0.3, -0.25) is 9.69 Å². The van der Waals surface area contributed by atoms with Crippen LogP contribution in [-0.2, 0) is 10.2 Å². The number of piperidine rings is 1. The predicted molar refractivity (Wildman–Crippen MR) is 122 cm³/mol. The molecule has 0 spiro atoms. The SMILES string of the molecule is CC(C)N(CC[C@](CCN1CCCCC1)(C(N)=O)c1ccccc1Br)C(C)C. The van der Waals surface area contributed by atoms with Crippen LogP contribution >= 0.6 is 15.9 Å². The standard InChI is InChI=1S/C23H38BrN3O/c1-18(2)27(19(3)4)17-13-23(22(25)28,20-10-6-7-11-21(20)24)12-16-26-14-8-5-9-15-26/h6-7,10-11,18-19H,5,8-9,12-17H2,1-4H3,(H2,25,28)/t23-/m0/s1. The van der Waals surface area contributed by atoms with Crippen LogP contribution < -0.4 is 5.73 Å². The molecule has 1 atom stereocenters. The number of hydrogen-bond donors (Lipinski definition) is 1. The Bertz CT molecular complexity index is 620. The number of carbonyl (C=O) groups excluding carboxylic acids is 1. The maximum Gasteiger partial charge on any atom is 0.228 e. The molecule has 2 rings (SSSR count). The highest BCUT2D eigenvalue weighted by Gasteiger charge is 2.40. The summed E-state index contributed by atoms with van der Waals surface area (Å²) >= 11 is 3.70. The van der Waals surface area contributed by atoms with Gasteiger partial charge in [-0.2, -0.15) is 0 Å². The van der Waals surface area contributed by atoms with Gasteiger partial charge in [0.15, 0.2) is 0 Å². The van der Waals surface area contributed by atoms with E-state index < -0.39 is 5.41 Å². The van der Waals surface area contributed by atoms with Crippen LogP contribution in [0.25, 0.3) is 0 Å². The number of hydrogen-bond acceptors (Lipinski definition) is 3. The topological polar surface area (TPSA) is 49.6 Å². The molecule has 1 amide bonds.